The number of anilines is 3. The highest BCUT2D eigenvalue weighted by atomic mass is 15.2. The van der Waals surface area contributed by atoms with Crippen molar-refractivity contribution in [3.63, 3.8) is 0 Å². The number of nitrogens with zero attached hydrogens (tertiary/aromatic N) is 8. The van der Waals surface area contributed by atoms with Crippen LogP contribution in [0.15, 0.2) is 231 Å². The van der Waals surface area contributed by atoms with Crippen molar-refractivity contribution in [2.24, 2.45) is 0 Å². The van der Waals surface area contributed by atoms with Crippen molar-refractivity contribution in [1.29, 1.82) is 0 Å². The van der Waals surface area contributed by atoms with E-state index in [1.54, 1.807) is 0 Å². The van der Waals surface area contributed by atoms with Gasteiger partial charge in [-0.05, 0) is 122 Å². The number of para-hydroxylation sites is 2. The highest BCUT2D eigenvalue weighted by Gasteiger charge is 2.46. The summed E-state index contributed by atoms with van der Waals surface area (Å²) in [6.07, 6.45) is 0. The van der Waals surface area contributed by atoms with Crippen LogP contribution in [0.4, 0.5) is 17.1 Å². The molecule has 0 fully saturated rings. The molecule has 0 amide bonds. The van der Waals surface area contributed by atoms with Crippen molar-refractivity contribution < 1.29 is 0 Å². The monoisotopic (exact) mass is 1240 g/mol. The number of fused-ring (bicyclic) bond motifs is 7. The minimum absolute atomic E-state index is 0.140. The van der Waals surface area contributed by atoms with Gasteiger partial charge in [0.15, 0.2) is 34.9 Å². The Balaban J connectivity index is 1.11. The Hall–Kier alpha value is -10.8. The van der Waals surface area contributed by atoms with Gasteiger partial charge in [-0.3, -0.25) is 0 Å². The average molecular weight is 1240 g/mol. The van der Waals surface area contributed by atoms with Crippen LogP contribution in [0.25, 0.3) is 95.8 Å². The SMILES string of the molecule is Cc1cc(C)c(B2c3cc(C(C)(C)C)ccc3N3c4ccc(C(C)(C)C)cc4B(c4c(C)cc(C)cc4C)c4cc(-n5c6c(-c7nc(-c8ccccc8)nc(-c8ccccc8)n7)cccc6c6cccc(-c7nc(-c8ccccc8)nc(-c8ccccc8)n7)c65)cc2c43)c(C)c1. The van der Waals surface area contributed by atoms with Gasteiger partial charge in [-0.1, -0.05) is 280 Å². The average Bonchev–Trinajstić information content (AvgIpc) is 0.973. The lowest BCUT2D eigenvalue weighted by Crippen LogP contribution is -2.66. The van der Waals surface area contributed by atoms with E-state index in [0.717, 1.165) is 60.9 Å². The third-order valence-electron chi connectivity index (χ3n) is 19.9. The lowest BCUT2D eigenvalue weighted by Gasteiger charge is -2.45. The maximum absolute atomic E-state index is 5.54. The molecule has 0 bridgehead atoms. The molecule has 10 heteroatoms. The van der Waals surface area contributed by atoms with Crippen LogP contribution in [0.3, 0.4) is 0 Å². The highest BCUT2D eigenvalue weighted by Crippen LogP contribution is 2.45. The highest BCUT2D eigenvalue weighted by molar-refractivity contribution is 7.02. The molecular formula is C86H74B2N8. The van der Waals surface area contributed by atoms with E-state index >= 15 is 0 Å². The first-order chi connectivity index (χ1) is 46.3. The normalized spacial score (nSPS) is 12.7. The molecule has 0 radical (unpaired) electrons. The third-order valence-corrected chi connectivity index (χ3v) is 19.9. The predicted octanol–water partition coefficient (Wildman–Crippen LogP) is 16.7. The molecule has 0 unspecified atom stereocenters. The van der Waals surface area contributed by atoms with Gasteiger partial charge in [0, 0.05) is 66.9 Å². The molecule has 0 saturated heterocycles. The van der Waals surface area contributed by atoms with Crippen LogP contribution in [-0.2, 0) is 10.8 Å². The van der Waals surface area contributed by atoms with Gasteiger partial charge >= 0.3 is 0 Å². The van der Waals surface area contributed by atoms with Crippen molar-refractivity contribution in [3.8, 4) is 74.0 Å². The van der Waals surface area contributed by atoms with Crippen molar-refractivity contribution in [3.05, 3.63) is 275 Å². The molecule has 2 aliphatic heterocycles. The zero-order chi connectivity index (χ0) is 66.1. The van der Waals surface area contributed by atoms with E-state index in [0.29, 0.717) is 34.9 Å². The van der Waals surface area contributed by atoms with Gasteiger partial charge < -0.3 is 9.47 Å². The number of hydrogen-bond donors (Lipinski definition) is 0. The summed E-state index contributed by atoms with van der Waals surface area (Å²) in [6, 6.07) is 83.7. The fourth-order valence-corrected chi connectivity index (χ4v) is 15.6. The van der Waals surface area contributed by atoms with E-state index in [-0.39, 0.29) is 24.3 Å². The van der Waals surface area contributed by atoms with Gasteiger partial charge in [-0.2, -0.15) is 0 Å². The van der Waals surface area contributed by atoms with E-state index in [9.17, 15) is 0 Å². The lowest BCUT2D eigenvalue weighted by atomic mass is 9.29. The summed E-state index contributed by atoms with van der Waals surface area (Å²) in [5.41, 5.74) is 29.3. The van der Waals surface area contributed by atoms with Crippen LogP contribution in [0.1, 0.15) is 86.1 Å². The molecule has 0 atom stereocenters. The van der Waals surface area contributed by atoms with Crippen LogP contribution >= 0.6 is 0 Å². The largest absolute Gasteiger partial charge is 0.313 e. The molecule has 0 N–H and O–H groups in total. The molecule has 8 nitrogen and oxygen atoms in total. The van der Waals surface area contributed by atoms with Crippen LogP contribution in [0, 0.1) is 41.5 Å². The maximum atomic E-state index is 5.54. The van der Waals surface area contributed by atoms with Gasteiger partial charge in [-0.15, -0.1) is 0 Å². The number of hydrogen-bond acceptors (Lipinski definition) is 7. The maximum Gasteiger partial charge on any atom is 0.247 e. The topological polar surface area (TPSA) is 85.5 Å². The second-order valence-corrected chi connectivity index (χ2v) is 28.7. The third kappa shape index (κ3) is 10.2. The van der Waals surface area contributed by atoms with Crippen LogP contribution in [0.2, 0.25) is 0 Å². The van der Waals surface area contributed by atoms with E-state index in [2.05, 4.69) is 250 Å². The summed E-state index contributed by atoms with van der Waals surface area (Å²) in [5.74, 6) is 3.47. The van der Waals surface area contributed by atoms with Gasteiger partial charge in [0.1, 0.15) is 0 Å². The molecule has 11 aromatic carbocycles. The summed E-state index contributed by atoms with van der Waals surface area (Å²) >= 11 is 0. The van der Waals surface area contributed by atoms with E-state index in [4.69, 9.17) is 29.9 Å². The van der Waals surface area contributed by atoms with Gasteiger partial charge in [0.2, 0.25) is 13.4 Å². The van der Waals surface area contributed by atoms with Crippen LogP contribution < -0.4 is 37.7 Å². The Morgan fingerprint density at radius 3 is 0.958 bits per heavy atom. The van der Waals surface area contributed by atoms with Gasteiger partial charge in [0.05, 0.1) is 11.0 Å². The lowest BCUT2D eigenvalue weighted by molar-refractivity contribution is 0.590. The molecule has 2 aliphatic rings. The van der Waals surface area contributed by atoms with Crippen molar-refractivity contribution in [2.45, 2.75) is 93.9 Å². The Labute approximate surface area is 564 Å². The fourth-order valence-electron chi connectivity index (χ4n) is 15.6. The molecule has 5 heterocycles. The van der Waals surface area contributed by atoms with Crippen molar-refractivity contribution in [2.75, 3.05) is 4.90 Å². The first-order valence-corrected chi connectivity index (χ1v) is 33.6. The molecular weight excluding hydrogens is 1170 g/mol. The Morgan fingerprint density at radius 1 is 0.312 bits per heavy atom. The first-order valence-electron chi connectivity index (χ1n) is 33.6. The molecule has 0 spiro atoms. The second kappa shape index (κ2) is 23.0. The van der Waals surface area contributed by atoms with Crippen molar-refractivity contribution in [1.82, 2.24) is 34.5 Å². The standard InChI is InChI=1S/C86H74B2N8/c1-51-43-53(3)74(54(4)44-51)87-68-47-61(85(7,8)9)39-41-72(68)96-73-42-40-62(86(10,11)12)48-69(73)88(75-55(5)45-52(2)46-56(75)6)71-50-63(49-70(87)78(71)96)95-76-64(35-25-37-66(76)83-91-79(57-27-17-13-18-28-57)89-80(92-83)58-29-19-14-20-30-58)65-36-26-38-67(77(65)95)84-93-81(59-31-21-15-22-32-59)90-82(94-84)60-33-23-16-24-34-60/h13-50H,1-12H3. The smallest absolute Gasteiger partial charge is 0.247 e. The molecule has 0 aliphatic carbocycles. The van der Waals surface area contributed by atoms with Crippen LogP contribution in [0.5, 0.6) is 0 Å². The van der Waals surface area contributed by atoms with Gasteiger partial charge in [-0.25, -0.2) is 29.9 Å². The molecule has 96 heavy (non-hydrogen) atoms. The Morgan fingerprint density at radius 2 is 0.635 bits per heavy atom. The second-order valence-electron chi connectivity index (χ2n) is 28.7. The first kappa shape index (κ1) is 60.1. The number of aryl methyl sites for hydroxylation is 6. The Bertz CT molecular complexity index is 4960. The predicted molar refractivity (Wildman–Crippen MR) is 403 cm³/mol. The number of rotatable bonds is 9. The fraction of sp³-hybridized carbons (Fsp3) is 0.163. The number of aromatic nitrogens is 7. The minimum Gasteiger partial charge on any atom is -0.313 e. The summed E-state index contributed by atoms with van der Waals surface area (Å²) in [7, 11) is 0. The summed E-state index contributed by atoms with van der Waals surface area (Å²) in [4.78, 5) is 35.3. The molecule has 464 valence electrons. The number of benzene rings is 11. The van der Waals surface area contributed by atoms with Gasteiger partial charge in [0.25, 0.3) is 0 Å². The van der Waals surface area contributed by atoms with E-state index in [1.807, 2.05) is 72.8 Å². The summed E-state index contributed by atoms with van der Waals surface area (Å²) < 4.78 is 2.53. The zero-order valence-corrected chi connectivity index (χ0v) is 56.7. The van der Waals surface area contributed by atoms with Crippen molar-refractivity contribution >= 4 is 85.1 Å². The van der Waals surface area contributed by atoms with E-state index in [1.165, 1.54) is 94.3 Å². The molecule has 14 aromatic rings. The summed E-state index contributed by atoms with van der Waals surface area (Å²) in [6.45, 7) is 27.4. The van der Waals surface area contributed by atoms with Crippen LogP contribution in [-0.4, -0.2) is 47.9 Å². The molecule has 16 rings (SSSR count). The molecule has 0 saturated carbocycles. The zero-order valence-electron chi connectivity index (χ0n) is 56.7. The van der Waals surface area contributed by atoms with E-state index < -0.39 is 0 Å². The summed E-state index contributed by atoms with van der Waals surface area (Å²) in [5, 5.41) is 2.06. The molecule has 3 aromatic heterocycles. The Kier molecular flexibility index (Phi) is 14.4. The minimum atomic E-state index is -0.188. The quantitative estimate of drug-likeness (QED) is 0.133.